The van der Waals surface area contributed by atoms with Gasteiger partial charge in [-0.25, -0.2) is 4.68 Å². The van der Waals surface area contributed by atoms with E-state index in [0.717, 1.165) is 22.5 Å². The van der Waals surface area contributed by atoms with Gasteiger partial charge in [0, 0.05) is 16.4 Å². The van der Waals surface area contributed by atoms with Crippen LogP contribution in [0.25, 0.3) is 5.69 Å². The number of anilines is 1. The van der Waals surface area contributed by atoms with Crippen molar-refractivity contribution >= 4 is 22.5 Å². The number of aromatic nitrogens is 2. The molecule has 0 aliphatic carbocycles. The Labute approximate surface area is 160 Å². The third-order valence-electron chi connectivity index (χ3n) is 4.84. The zero-order valence-electron chi connectivity index (χ0n) is 15.1. The Bertz CT molecular complexity index is 983. The molecule has 0 bridgehead atoms. The maximum atomic E-state index is 13.1. The predicted molar refractivity (Wildman–Crippen MR) is 107 cm³/mol. The summed E-state index contributed by atoms with van der Waals surface area (Å²) in [6, 6.07) is 19.5. The molecule has 2 atom stereocenters. The van der Waals surface area contributed by atoms with E-state index in [1.165, 1.54) is 0 Å². The maximum absolute atomic E-state index is 13.1. The van der Waals surface area contributed by atoms with Crippen molar-refractivity contribution in [2.75, 3.05) is 5.32 Å². The van der Waals surface area contributed by atoms with Crippen molar-refractivity contribution in [1.29, 1.82) is 0 Å². The van der Waals surface area contributed by atoms with Crippen LogP contribution in [0.2, 0.25) is 0 Å². The molecule has 0 unspecified atom stereocenters. The van der Waals surface area contributed by atoms with Gasteiger partial charge in [-0.05, 0) is 24.1 Å². The highest BCUT2D eigenvalue weighted by molar-refractivity contribution is 7.83. The van der Waals surface area contributed by atoms with Crippen LogP contribution in [0.3, 0.4) is 0 Å². The molecule has 1 aliphatic heterocycles. The number of para-hydroxylation sites is 1. The van der Waals surface area contributed by atoms with Gasteiger partial charge in [-0.15, -0.1) is 0 Å². The van der Waals surface area contributed by atoms with Crippen LogP contribution in [0, 0.1) is 0 Å². The average Bonchev–Trinajstić information content (AvgIpc) is 3.21. The fourth-order valence-electron chi connectivity index (χ4n) is 3.47. The number of carbonyl (C=O) groups excluding carboxylic acids is 1. The molecule has 1 aliphatic rings. The normalized spacial score (nSPS) is 16.7. The number of hydrogen-bond donors (Lipinski definition) is 1. The minimum atomic E-state index is -0.954. The molecule has 1 amide bonds. The number of amides is 1. The number of rotatable bonds is 5. The predicted octanol–water partition coefficient (Wildman–Crippen LogP) is 3.77. The second kappa shape index (κ2) is 7.48. The fourth-order valence-corrected chi connectivity index (χ4v) is 4.74. The lowest BCUT2D eigenvalue weighted by Crippen LogP contribution is -2.23. The van der Waals surface area contributed by atoms with Crippen LogP contribution in [-0.4, -0.2) is 19.9 Å². The maximum Gasteiger partial charge on any atom is 0.233 e. The van der Waals surface area contributed by atoms with Crippen molar-refractivity contribution in [3.63, 3.8) is 0 Å². The largest absolute Gasteiger partial charge is 0.310 e. The van der Waals surface area contributed by atoms with Crippen molar-refractivity contribution in [2.45, 2.75) is 30.8 Å². The van der Waals surface area contributed by atoms with E-state index in [0.29, 0.717) is 23.7 Å². The molecule has 1 N–H and O–H groups in total. The molecule has 1 aromatic heterocycles. The first-order valence-electron chi connectivity index (χ1n) is 9.04. The van der Waals surface area contributed by atoms with Crippen LogP contribution in [0.5, 0.6) is 0 Å². The molecule has 0 spiro atoms. The third kappa shape index (κ3) is 3.45. The van der Waals surface area contributed by atoms with E-state index in [9.17, 15) is 9.00 Å². The molecular formula is C21H21N3O2S. The van der Waals surface area contributed by atoms with E-state index < -0.39 is 10.8 Å². The van der Waals surface area contributed by atoms with E-state index in [1.54, 1.807) is 4.68 Å². The molecule has 27 heavy (non-hydrogen) atoms. The summed E-state index contributed by atoms with van der Waals surface area (Å²) in [4.78, 5) is 13.1. The lowest BCUT2D eigenvalue weighted by Gasteiger charge is -2.17. The highest BCUT2D eigenvalue weighted by atomic mass is 32.2. The lowest BCUT2D eigenvalue weighted by atomic mass is 9.95. The van der Waals surface area contributed by atoms with E-state index in [-0.39, 0.29) is 11.8 Å². The molecule has 138 valence electrons. The van der Waals surface area contributed by atoms with Gasteiger partial charge in [0.05, 0.1) is 28.8 Å². The Morgan fingerprint density at radius 3 is 2.44 bits per heavy atom. The second-order valence-corrected chi connectivity index (χ2v) is 8.07. The number of carbonyl (C=O) groups is 1. The van der Waals surface area contributed by atoms with Crippen LogP contribution in [0.4, 0.5) is 5.82 Å². The minimum absolute atomic E-state index is 0.0683. The van der Waals surface area contributed by atoms with Gasteiger partial charge < -0.3 is 5.32 Å². The van der Waals surface area contributed by atoms with Crippen molar-refractivity contribution in [1.82, 2.24) is 9.78 Å². The third-order valence-corrected chi connectivity index (χ3v) is 6.04. The molecule has 2 heterocycles. The number of fused-ring (bicyclic) bond motifs is 1. The van der Waals surface area contributed by atoms with Crippen molar-refractivity contribution in [2.24, 2.45) is 0 Å². The first-order chi connectivity index (χ1) is 13.2. The summed E-state index contributed by atoms with van der Waals surface area (Å²) in [7, 11) is -0.954. The van der Waals surface area contributed by atoms with E-state index in [1.807, 2.05) is 67.6 Å². The molecule has 0 radical (unpaired) electrons. The van der Waals surface area contributed by atoms with Crippen molar-refractivity contribution in [3.8, 4) is 5.69 Å². The first kappa shape index (κ1) is 17.7. The van der Waals surface area contributed by atoms with Gasteiger partial charge in [0.2, 0.25) is 5.91 Å². The lowest BCUT2D eigenvalue weighted by molar-refractivity contribution is -0.117. The quantitative estimate of drug-likeness (QED) is 0.734. The summed E-state index contributed by atoms with van der Waals surface area (Å²) in [5, 5.41) is 7.72. The molecular weight excluding hydrogens is 358 g/mol. The zero-order chi connectivity index (χ0) is 18.8. The standard InChI is InChI=1S/C21H21N3O2S/c1-2-17(15-9-5-3-6-10-15)21(25)22-20-18-13-27(26)14-19(18)23-24(20)16-11-7-4-8-12-16/h3-12,17H,2,13-14H2,1H3,(H,22,25)/t17-,27-/m1/s1. The SMILES string of the molecule is CC[C@@H](C(=O)Nc1c2c(nn1-c1ccccc1)C[S@](=O)C2)c1ccccc1. The Morgan fingerprint density at radius 2 is 1.78 bits per heavy atom. The molecule has 2 aromatic carbocycles. The molecule has 0 saturated heterocycles. The summed E-state index contributed by atoms with van der Waals surface area (Å²) in [5.74, 6) is 1.20. The van der Waals surface area contributed by atoms with Gasteiger partial charge in [-0.3, -0.25) is 9.00 Å². The van der Waals surface area contributed by atoms with Crippen LogP contribution < -0.4 is 5.32 Å². The Balaban J connectivity index is 1.71. The van der Waals surface area contributed by atoms with Crippen molar-refractivity contribution < 1.29 is 9.00 Å². The van der Waals surface area contributed by atoms with Gasteiger partial charge >= 0.3 is 0 Å². The van der Waals surface area contributed by atoms with E-state index in [2.05, 4.69) is 10.4 Å². The minimum Gasteiger partial charge on any atom is -0.310 e. The molecule has 4 rings (SSSR count). The summed E-state index contributed by atoms with van der Waals surface area (Å²) < 4.78 is 13.8. The van der Waals surface area contributed by atoms with Gasteiger partial charge in [-0.2, -0.15) is 5.10 Å². The number of hydrogen-bond acceptors (Lipinski definition) is 3. The molecule has 6 heteroatoms. The smallest absolute Gasteiger partial charge is 0.233 e. The summed E-state index contributed by atoms with van der Waals surface area (Å²) >= 11 is 0. The Morgan fingerprint density at radius 1 is 1.11 bits per heavy atom. The summed E-state index contributed by atoms with van der Waals surface area (Å²) in [6.07, 6.45) is 0.698. The number of benzene rings is 2. The van der Waals surface area contributed by atoms with Gasteiger partial charge in [-0.1, -0.05) is 55.5 Å². The first-order valence-corrected chi connectivity index (χ1v) is 10.5. The highest BCUT2D eigenvalue weighted by Crippen LogP contribution is 2.32. The van der Waals surface area contributed by atoms with Gasteiger partial charge in [0.15, 0.2) is 0 Å². The molecule has 3 aromatic rings. The van der Waals surface area contributed by atoms with Gasteiger partial charge in [0.25, 0.3) is 0 Å². The molecule has 0 saturated carbocycles. The van der Waals surface area contributed by atoms with E-state index >= 15 is 0 Å². The van der Waals surface area contributed by atoms with Crippen LogP contribution >= 0.6 is 0 Å². The Hall–Kier alpha value is -2.73. The second-order valence-electron chi connectivity index (χ2n) is 6.61. The topological polar surface area (TPSA) is 64.0 Å². The number of nitrogens with zero attached hydrogens (tertiary/aromatic N) is 2. The van der Waals surface area contributed by atoms with Gasteiger partial charge in [0.1, 0.15) is 5.82 Å². The molecule has 5 nitrogen and oxygen atoms in total. The zero-order valence-corrected chi connectivity index (χ0v) is 15.9. The summed E-state index contributed by atoms with van der Waals surface area (Å²) in [5.41, 5.74) is 3.55. The van der Waals surface area contributed by atoms with Crippen molar-refractivity contribution in [3.05, 3.63) is 77.5 Å². The fraction of sp³-hybridized carbons (Fsp3) is 0.238. The van der Waals surface area contributed by atoms with E-state index in [4.69, 9.17) is 0 Å². The monoisotopic (exact) mass is 379 g/mol. The molecule has 0 fully saturated rings. The van der Waals surface area contributed by atoms with Crippen LogP contribution in [0.1, 0.15) is 36.1 Å². The number of nitrogens with one attached hydrogen (secondary N) is 1. The Kier molecular flexibility index (Phi) is 4.90. The summed E-state index contributed by atoms with van der Waals surface area (Å²) in [6.45, 7) is 2.01. The highest BCUT2D eigenvalue weighted by Gasteiger charge is 2.29. The van der Waals surface area contributed by atoms with Crippen LogP contribution in [0.15, 0.2) is 60.7 Å². The van der Waals surface area contributed by atoms with Crippen LogP contribution in [-0.2, 0) is 27.1 Å². The average molecular weight is 379 g/mol.